The maximum atomic E-state index is 13.7. The Balaban J connectivity index is 2.59. The number of anilines is 1. The third-order valence-corrected chi connectivity index (χ3v) is 2.51. The van der Waals surface area contributed by atoms with E-state index in [-0.39, 0.29) is 5.82 Å². The maximum absolute atomic E-state index is 13.7. The molecule has 2 aromatic rings. The van der Waals surface area contributed by atoms with Crippen LogP contribution in [0.3, 0.4) is 0 Å². The lowest BCUT2D eigenvalue weighted by Gasteiger charge is -2.06. The van der Waals surface area contributed by atoms with E-state index in [0.29, 0.717) is 29.3 Å². The summed E-state index contributed by atoms with van der Waals surface area (Å²) >= 11 is 0. The molecule has 17 heavy (non-hydrogen) atoms. The van der Waals surface area contributed by atoms with Gasteiger partial charge in [0.2, 0.25) is 0 Å². The molecule has 2 N–H and O–H groups in total. The topological polar surface area (TPSA) is 51.8 Å². The number of halogens is 1. The van der Waals surface area contributed by atoms with Crippen molar-refractivity contribution in [3.8, 4) is 11.3 Å². The highest BCUT2D eigenvalue weighted by molar-refractivity contribution is 5.63. The second kappa shape index (κ2) is 4.49. The van der Waals surface area contributed by atoms with Crippen molar-refractivity contribution >= 4 is 5.82 Å². The second-order valence-electron chi connectivity index (χ2n) is 3.93. The predicted molar refractivity (Wildman–Crippen MR) is 66.0 cm³/mol. The van der Waals surface area contributed by atoms with E-state index in [9.17, 15) is 4.39 Å². The van der Waals surface area contributed by atoms with Crippen LogP contribution in [0.5, 0.6) is 0 Å². The average Bonchev–Trinajstić information content (AvgIpc) is 2.31. The van der Waals surface area contributed by atoms with E-state index in [1.807, 2.05) is 13.8 Å². The normalized spacial score (nSPS) is 10.5. The lowest BCUT2D eigenvalue weighted by molar-refractivity contribution is 0.630. The minimum Gasteiger partial charge on any atom is -0.384 e. The Morgan fingerprint density at radius 2 is 2.00 bits per heavy atom. The predicted octanol–water partition coefficient (Wildman–Crippen LogP) is 2.74. The van der Waals surface area contributed by atoms with E-state index in [2.05, 4.69) is 9.97 Å². The maximum Gasteiger partial charge on any atom is 0.132 e. The number of nitrogen functional groups attached to an aromatic ring is 1. The molecule has 1 heterocycles. The number of nitrogens with two attached hydrogens (primary N) is 1. The lowest BCUT2D eigenvalue weighted by atomic mass is 10.1. The third kappa shape index (κ3) is 2.41. The van der Waals surface area contributed by atoms with Gasteiger partial charge < -0.3 is 5.73 Å². The van der Waals surface area contributed by atoms with Crippen LogP contribution in [0.1, 0.15) is 18.3 Å². The summed E-state index contributed by atoms with van der Waals surface area (Å²) in [5.74, 6) is 0.699. The fourth-order valence-corrected chi connectivity index (χ4v) is 1.65. The molecular weight excluding hydrogens is 217 g/mol. The number of aryl methyl sites for hydroxylation is 2. The van der Waals surface area contributed by atoms with E-state index in [1.54, 1.807) is 18.2 Å². The molecule has 0 aliphatic rings. The van der Waals surface area contributed by atoms with Gasteiger partial charge in [-0.05, 0) is 19.1 Å². The van der Waals surface area contributed by atoms with Gasteiger partial charge >= 0.3 is 0 Å². The van der Waals surface area contributed by atoms with Crippen molar-refractivity contribution < 1.29 is 4.39 Å². The molecule has 1 aromatic carbocycles. The molecule has 0 saturated carbocycles. The molecule has 0 radical (unpaired) electrons. The van der Waals surface area contributed by atoms with Crippen molar-refractivity contribution in [2.45, 2.75) is 20.3 Å². The highest BCUT2D eigenvalue weighted by atomic mass is 19.1. The molecule has 0 fully saturated rings. The molecule has 0 aliphatic heterocycles. The summed E-state index contributed by atoms with van der Waals surface area (Å²) in [5.41, 5.74) is 7.67. The van der Waals surface area contributed by atoms with Crippen LogP contribution in [0.25, 0.3) is 11.3 Å². The number of aromatic nitrogens is 2. The molecule has 0 saturated heterocycles. The summed E-state index contributed by atoms with van der Waals surface area (Å²) in [7, 11) is 0. The van der Waals surface area contributed by atoms with Crippen LogP contribution in [-0.2, 0) is 6.42 Å². The lowest BCUT2D eigenvalue weighted by Crippen LogP contribution is -2.01. The average molecular weight is 231 g/mol. The number of benzene rings is 1. The molecule has 4 heteroatoms. The highest BCUT2D eigenvalue weighted by Crippen LogP contribution is 2.23. The van der Waals surface area contributed by atoms with E-state index < -0.39 is 0 Å². The Hall–Kier alpha value is -1.97. The quantitative estimate of drug-likeness (QED) is 0.864. The van der Waals surface area contributed by atoms with Crippen molar-refractivity contribution in [3.63, 3.8) is 0 Å². The first-order valence-electron chi connectivity index (χ1n) is 5.50. The fourth-order valence-electron chi connectivity index (χ4n) is 1.65. The van der Waals surface area contributed by atoms with Crippen LogP contribution < -0.4 is 5.73 Å². The molecule has 0 aliphatic carbocycles. The Morgan fingerprint density at radius 3 is 2.71 bits per heavy atom. The van der Waals surface area contributed by atoms with E-state index >= 15 is 0 Å². The second-order valence-corrected chi connectivity index (χ2v) is 3.93. The third-order valence-electron chi connectivity index (χ3n) is 2.51. The van der Waals surface area contributed by atoms with Gasteiger partial charge in [-0.2, -0.15) is 0 Å². The van der Waals surface area contributed by atoms with Gasteiger partial charge in [-0.25, -0.2) is 14.4 Å². The molecule has 0 unspecified atom stereocenters. The van der Waals surface area contributed by atoms with Gasteiger partial charge in [0.05, 0.1) is 5.69 Å². The van der Waals surface area contributed by atoms with Crippen LogP contribution >= 0.6 is 0 Å². The first-order chi connectivity index (χ1) is 8.10. The molecule has 0 spiro atoms. The van der Waals surface area contributed by atoms with Gasteiger partial charge in [-0.15, -0.1) is 0 Å². The van der Waals surface area contributed by atoms with Crippen LogP contribution in [-0.4, -0.2) is 9.97 Å². The number of hydrogen-bond acceptors (Lipinski definition) is 3. The van der Waals surface area contributed by atoms with E-state index in [0.717, 1.165) is 5.56 Å². The molecule has 3 nitrogen and oxygen atoms in total. The summed E-state index contributed by atoms with van der Waals surface area (Å²) < 4.78 is 13.7. The van der Waals surface area contributed by atoms with Crippen molar-refractivity contribution in [2.24, 2.45) is 0 Å². The summed E-state index contributed by atoms with van der Waals surface area (Å²) in [6, 6.07) is 6.52. The molecule has 88 valence electrons. The number of nitrogens with zero attached hydrogens (tertiary/aromatic N) is 2. The van der Waals surface area contributed by atoms with Crippen LogP contribution in [0.2, 0.25) is 0 Å². The molecule has 0 atom stereocenters. The monoisotopic (exact) mass is 231 g/mol. The first kappa shape index (κ1) is 11.5. The highest BCUT2D eigenvalue weighted by Gasteiger charge is 2.09. The van der Waals surface area contributed by atoms with Gasteiger partial charge in [0.15, 0.2) is 0 Å². The zero-order valence-electron chi connectivity index (χ0n) is 9.87. The minimum absolute atomic E-state index is 0.296. The zero-order chi connectivity index (χ0) is 12.4. The summed E-state index contributed by atoms with van der Waals surface area (Å²) in [4.78, 5) is 8.37. The summed E-state index contributed by atoms with van der Waals surface area (Å²) in [5, 5.41) is 0. The van der Waals surface area contributed by atoms with Gasteiger partial charge in [-0.3, -0.25) is 0 Å². The minimum atomic E-state index is -0.296. The Bertz CT molecular complexity index is 552. The fraction of sp³-hybridized carbons (Fsp3) is 0.231. The Morgan fingerprint density at radius 1 is 1.24 bits per heavy atom. The molecule has 0 amide bonds. The van der Waals surface area contributed by atoms with Gasteiger partial charge in [0, 0.05) is 18.1 Å². The largest absolute Gasteiger partial charge is 0.384 e. The molecular formula is C13H14FN3. The molecule has 0 bridgehead atoms. The number of rotatable bonds is 2. The summed E-state index contributed by atoms with van der Waals surface area (Å²) in [6.45, 7) is 3.85. The number of hydrogen-bond donors (Lipinski definition) is 1. The first-order valence-corrected chi connectivity index (χ1v) is 5.50. The van der Waals surface area contributed by atoms with Gasteiger partial charge in [0.1, 0.15) is 17.5 Å². The van der Waals surface area contributed by atoms with Crippen molar-refractivity contribution in [3.05, 3.63) is 41.5 Å². The van der Waals surface area contributed by atoms with Gasteiger partial charge in [0.25, 0.3) is 0 Å². The Kier molecular flexibility index (Phi) is 3.04. The zero-order valence-corrected chi connectivity index (χ0v) is 9.87. The molecule has 2 rings (SSSR count). The molecule has 1 aromatic heterocycles. The van der Waals surface area contributed by atoms with E-state index in [4.69, 9.17) is 5.73 Å². The van der Waals surface area contributed by atoms with Crippen molar-refractivity contribution in [1.29, 1.82) is 0 Å². The smallest absolute Gasteiger partial charge is 0.132 e. The Labute approximate surface area is 99.5 Å². The van der Waals surface area contributed by atoms with Crippen molar-refractivity contribution in [1.82, 2.24) is 9.97 Å². The SMILES string of the molecule is CCc1nc(N)cc(-c2cc(C)ccc2F)n1. The van der Waals surface area contributed by atoms with Gasteiger partial charge in [-0.1, -0.05) is 18.6 Å². The van der Waals surface area contributed by atoms with Crippen molar-refractivity contribution in [2.75, 3.05) is 5.73 Å². The summed E-state index contributed by atoms with van der Waals surface area (Å²) in [6.07, 6.45) is 0.672. The van der Waals surface area contributed by atoms with Crippen LogP contribution in [0.4, 0.5) is 10.2 Å². The van der Waals surface area contributed by atoms with Crippen LogP contribution in [0, 0.1) is 12.7 Å². The van der Waals surface area contributed by atoms with E-state index in [1.165, 1.54) is 6.07 Å². The standard InChI is InChI=1S/C13H14FN3/c1-3-13-16-11(7-12(15)17-13)9-6-8(2)4-5-10(9)14/h4-7H,3H2,1-2H3,(H2,15,16,17). The van der Waals surface area contributed by atoms with Crippen LogP contribution in [0.15, 0.2) is 24.3 Å².